The second kappa shape index (κ2) is 4.61. The summed E-state index contributed by atoms with van der Waals surface area (Å²) in [4.78, 5) is 3.99. The first kappa shape index (κ1) is 11.1. The fraction of sp³-hybridized carbons (Fsp3) is 0.200. The monoisotopic (exact) mass is 285 g/mol. The molecule has 2 rings (SSSR count). The summed E-state index contributed by atoms with van der Waals surface area (Å²) in [6, 6.07) is 4.60. The molecule has 0 atom stereocenters. The second-order valence-electron chi connectivity index (χ2n) is 3.16. The van der Waals surface area contributed by atoms with Gasteiger partial charge in [-0.05, 0) is 28.1 Å². The number of hydrogen-bond acceptors (Lipinski definition) is 3. The van der Waals surface area contributed by atoms with Crippen LogP contribution in [0, 0.1) is 5.82 Å². The predicted octanol–water partition coefficient (Wildman–Crippen LogP) is 2.30. The van der Waals surface area contributed by atoms with E-state index in [1.807, 2.05) is 0 Å². The van der Waals surface area contributed by atoms with Gasteiger partial charge in [0.05, 0.1) is 4.47 Å². The van der Waals surface area contributed by atoms with Gasteiger partial charge in [0.25, 0.3) is 0 Å². The highest BCUT2D eigenvalue weighted by Crippen LogP contribution is 2.21. The van der Waals surface area contributed by atoms with Gasteiger partial charge in [0.2, 0.25) is 0 Å². The first-order chi connectivity index (χ1) is 7.66. The molecule has 0 fully saturated rings. The van der Waals surface area contributed by atoms with Crippen molar-refractivity contribution in [2.75, 3.05) is 0 Å². The Morgan fingerprint density at radius 1 is 1.50 bits per heavy atom. The normalized spacial score (nSPS) is 10.4. The summed E-state index contributed by atoms with van der Waals surface area (Å²) in [6.07, 6.45) is 1.45. The molecule has 0 aliphatic rings. The number of ether oxygens (including phenoxy) is 1. The fourth-order valence-corrected chi connectivity index (χ4v) is 1.41. The molecule has 0 aliphatic carbocycles. The molecule has 0 N–H and O–H groups in total. The minimum atomic E-state index is -0.351. The number of rotatable bonds is 3. The summed E-state index contributed by atoms with van der Waals surface area (Å²) in [5, 5.41) is 3.90. The molecule has 0 unspecified atom stereocenters. The van der Waals surface area contributed by atoms with Crippen molar-refractivity contribution >= 4 is 15.9 Å². The van der Waals surface area contributed by atoms with Gasteiger partial charge in [0, 0.05) is 13.1 Å². The quantitative estimate of drug-likeness (QED) is 0.869. The zero-order valence-corrected chi connectivity index (χ0v) is 10.1. The predicted molar refractivity (Wildman–Crippen MR) is 59.4 cm³/mol. The van der Waals surface area contributed by atoms with Gasteiger partial charge in [-0.2, -0.15) is 5.10 Å². The van der Waals surface area contributed by atoms with Gasteiger partial charge in [-0.3, -0.25) is 4.68 Å². The van der Waals surface area contributed by atoms with Gasteiger partial charge in [-0.25, -0.2) is 9.37 Å². The number of halogens is 2. The SMILES string of the molecule is Cn1ncnc1COc1ccc(Br)c(F)c1. The lowest BCUT2D eigenvalue weighted by Gasteiger charge is -2.05. The maximum atomic E-state index is 13.2. The maximum absolute atomic E-state index is 13.2. The largest absolute Gasteiger partial charge is 0.486 e. The van der Waals surface area contributed by atoms with Crippen LogP contribution in [0.5, 0.6) is 5.75 Å². The summed E-state index contributed by atoms with van der Waals surface area (Å²) in [7, 11) is 1.77. The van der Waals surface area contributed by atoms with Crippen LogP contribution in [0.1, 0.15) is 5.82 Å². The van der Waals surface area contributed by atoms with Crippen LogP contribution in [0.25, 0.3) is 0 Å². The zero-order chi connectivity index (χ0) is 11.5. The standard InChI is InChI=1S/C10H9BrFN3O/c1-15-10(13-6-14-15)5-16-7-2-3-8(11)9(12)4-7/h2-4,6H,5H2,1H3. The summed E-state index contributed by atoms with van der Waals surface area (Å²) in [5.74, 6) is 0.794. The highest BCUT2D eigenvalue weighted by Gasteiger charge is 2.04. The molecule has 0 bridgehead atoms. The van der Waals surface area contributed by atoms with Crippen molar-refractivity contribution in [3.63, 3.8) is 0 Å². The Bertz CT molecular complexity index is 501. The molecule has 2 aromatic rings. The van der Waals surface area contributed by atoms with Crippen molar-refractivity contribution in [1.82, 2.24) is 14.8 Å². The summed E-state index contributed by atoms with van der Waals surface area (Å²) in [6.45, 7) is 0.261. The number of aryl methyl sites for hydroxylation is 1. The fourth-order valence-electron chi connectivity index (χ4n) is 1.17. The Kier molecular flexibility index (Phi) is 3.19. The van der Waals surface area contributed by atoms with Gasteiger partial charge < -0.3 is 4.74 Å². The molecule has 0 radical (unpaired) electrons. The number of nitrogens with zero attached hydrogens (tertiary/aromatic N) is 3. The van der Waals surface area contributed by atoms with Crippen molar-refractivity contribution in [3.05, 3.63) is 40.6 Å². The van der Waals surface area contributed by atoms with Crippen molar-refractivity contribution in [3.8, 4) is 5.75 Å². The summed E-state index contributed by atoms with van der Waals surface area (Å²) in [5.41, 5.74) is 0. The van der Waals surface area contributed by atoms with Gasteiger partial charge in [0.15, 0.2) is 5.82 Å². The van der Waals surface area contributed by atoms with Gasteiger partial charge in [-0.15, -0.1) is 0 Å². The summed E-state index contributed by atoms with van der Waals surface area (Å²) >= 11 is 3.07. The Balaban J connectivity index is 2.05. The van der Waals surface area contributed by atoms with E-state index in [0.29, 0.717) is 16.0 Å². The van der Waals surface area contributed by atoms with E-state index in [0.717, 1.165) is 0 Å². The van der Waals surface area contributed by atoms with Gasteiger partial charge >= 0.3 is 0 Å². The molecule has 0 saturated carbocycles. The zero-order valence-electron chi connectivity index (χ0n) is 8.52. The lowest BCUT2D eigenvalue weighted by molar-refractivity contribution is 0.288. The van der Waals surface area contributed by atoms with E-state index in [9.17, 15) is 4.39 Å². The average molecular weight is 286 g/mol. The van der Waals surface area contributed by atoms with E-state index in [1.165, 1.54) is 12.4 Å². The van der Waals surface area contributed by atoms with Crippen LogP contribution < -0.4 is 4.74 Å². The number of aromatic nitrogens is 3. The molecule has 0 aliphatic heterocycles. The van der Waals surface area contributed by atoms with E-state index < -0.39 is 0 Å². The molecule has 1 heterocycles. The Hall–Kier alpha value is -1.43. The molecular formula is C10H9BrFN3O. The third-order valence-corrected chi connectivity index (χ3v) is 2.71. The van der Waals surface area contributed by atoms with Crippen LogP contribution in [0.3, 0.4) is 0 Å². The molecule has 0 spiro atoms. The lowest BCUT2D eigenvalue weighted by Crippen LogP contribution is -2.04. The molecular weight excluding hydrogens is 277 g/mol. The minimum absolute atomic E-state index is 0.261. The molecule has 1 aromatic carbocycles. The molecule has 1 aromatic heterocycles. The number of hydrogen-bond donors (Lipinski definition) is 0. The highest BCUT2D eigenvalue weighted by molar-refractivity contribution is 9.10. The molecule has 0 amide bonds. The smallest absolute Gasteiger partial charge is 0.164 e. The van der Waals surface area contributed by atoms with Crippen LogP contribution in [-0.2, 0) is 13.7 Å². The lowest BCUT2D eigenvalue weighted by atomic mass is 10.3. The third kappa shape index (κ3) is 2.38. The van der Waals surface area contributed by atoms with Crippen molar-refractivity contribution in [2.45, 2.75) is 6.61 Å². The molecule has 4 nitrogen and oxygen atoms in total. The van der Waals surface area contributed by atoms with Gasteiger partial charge in [-0.1, -0.05) is 0 Å². The van der Waals surface area contributed by atoms with Crippen molar-refractivity contribution < 1.29 is 9.13 Å². The Morgan fingerprint density at radius 3 is 2.94 bits per heavy atom. The second-order valence-corrected chi connectivity index (χ2v) is 4.02. The first-order valence-electron chi connectivity index (χ1n) is 4.57. The third-order valence-electron chi connectivity index (χ3n) is 2.06. The average Bonchev–Trinajstić information content (AvgIpc) is 2.66. The van der Waals surface area contributed by atoms with Crippen molar-refractivity contribution in [1.29, 1.82) is 0 Å². The van der Waals surface area contributed by atoms with E-state index in [-0.39, 0.29) is 12.4 Å². The maximum Gasteiger partial charge on any atom is 0.164 e. The molecule has 84 valence electrons. The first-order valence-corrected chi connectivity index (χ1v) is 5.37. The van der Waals surface area contributed by atoms with Crippen LogP contribution in [0.2, 0.25) is 0 Å². The van der Waals surface area contributed by atoms with E-state index >= 15 is 0 Å². The molecule has 0 saturated heterocycles. The van der Waals surface area contributed by atoms with Crippen LogP contribution in [0.15, 0.2) is 29.0 Å². The van der Waals surface area contributed by atoms with E-state index in [4.69, 9.17) is 4.74 Å². The van der Waals surface area contributed by atoms with Crippen LogP contribution in [0.4, 0.5) is 4.39 Å². The topological polar surface area (TPSA) is 39.9 Å². The van der Waals surface area contributed by atoms with E-state index in [1.54, 1.807) is 23.9 Å². The van der Waals surface area contributed by atoms with Crippen molar-refractivity contribution in [2.24, 2.45) is 7.05 Å². The van der Waals surface area contributed by atoms with E-state index in [2.05, 4.69) is 26.0 Å². The Labute approximate surface area is 100 Å². The van der Waals surface area contributed by atoms with Gasteiger partial charge in [0.1, 0.15) is 24.5 Å². The van der Waals surface area contributed by atoms with Crippen LogP contribution in [-0.4, -0.2) is 14.8 Å². The molecule has 16 heavy (non-hydrogen) atoms. The summed E-state index contributed by atoms with van der Waals surface area (Å²) < 4.78 is 20.6. The highest BCUT2D eigenvalue weighted by atomic mass is 79.9. The Morgan fingerprint density at radius 2 is 2.31 bits per heavy atom. The number of benzene rings is 1. The minimum Gasteiger partial charge on any atom is -0.486 e. The van der Waals surface area contributed by atoms with Crippen LogP contribution >= 0.6 is 15.9 Å². The molecule has 6 heteroatoms.